The summed E-state index contributed by atoms with van der Waals surface area (Å²) >= 11 is 0. The van der Waals surface area contributed by atoms with Crippen molar-refractivity contribution in [1.82, 2.24) is 0 Å². The van der Waals surface area contributed by atoms with Crippen LogP contribution in [-0.2, 0) is 0 Å². The molecule has 2 heteroatoms. The molecular weight excluding hydrogens is 395 g/mol. The first-order valence-electron chi connectivity index (χ1n) is 13.9. The fraction of sp³-hybridized carbons (Fsp3) is 0.867. The predicted molar refractivity (Wildman–Crippen MR) is 152 cm³/mol. The molecule has 1 N–H and O–H groups in total. The van der Waals surface area contributed by atoms with Gasteiger partial charge in [0, 0.05) is 0 Å². The largest absolute Gasteiger partial charge is 0.505 e. The summed E-state index contributed by atoms with van der Waals surface area (Å²) in [6.45, 7) is 30.8. The number of hydrogen-bond donors (Lipinski definition) is 1. The summed E-state index contributed by atoms with van der Waals surface area (Å²) < 4.78 is 12.8. The van der Waals surface area contributed by atoms with E-state index in [9.17, 15) is 9.50 Å². The molecule has 1 atom stereocenters. The van der Waals surface area contributed by atoms with Crippen molar-refractivity contribution < 1.29 is 9.50 Å². The molecule has 0 saturated heterocycles. The van der Waals surface area contributed by atoms with Crippen molar-refractivity contribution in [3.8, 4) is 0 Å². The van der Waals surface area contributed by atoms with Gasteiger partial charge in [0.05, 0.1) is 0 Å². The van der Waals surface area contributed by atoms with Crippen LogP contribution in [-0.4, -0.2) is 5.11 Å². The molecule has 1 aliphatic rings. The molecule has 0 aliphatic heterocycles. The third-order valence-electron chi connectivity index (χ3n) is 3.72. The summed E-state index contributed by atoms with van der Waals surface area (Å²) in [5.74, 6) is 1.41. The molecule has 0 spiro atoms. The van der Waals surface area contributed by atoms with Crippen LogP contribution >= 0.6 is 0 Å². The Morgan fingerprint density at radius 1 is 0.906 bits per heavy atom. The van der Waals surface area contributed by atoms with E-state index in [2.05, 4.69) is 48.5 Å². The molecule has 1 saturated carbocycles. The summed E-state index contributed by atoms with van der Waals surface area (Å²) in [6, 6.07) is 0. The summed E-state index contributed by atoms with van der Waals surface area (Å²) in [7, 11) is 0. The van der Waals surface area contributed by atoms with Crippen LogP contribution in [0.1, 0.15) is 155 Å². The molecule has 0 aromatic rings. The SMILES string of the molecule is C/C=C(F)\C(O)=C/C(CC)CCC.CC.CC.CC.CC(C)C.CC1CCCC1.CCC. The maximum Gasteiger partial charge on any atom is 0.160 e. The fourth-order valence-corrected chi connectivity index (χ4v) is 2.36. The molecule has 1 nitrogen and oxygen atoms in total. The van der Waals surface area contributed by atoms with Crippen LogP contribution in [0, 0.1) is 17.8 Å². The lowest BCUT2D eigenvalue weighted by molar-refractivity contribution is 0.377. The van der Waals surface area contributed by atoms with Crippen molar-refractivity contribution in [2.45, 2.75) is 155 Å². The standard InChI is InChI=1S/C11H19FO.C6H12.C4H10.C3H8.3C2H6/c1-4-7-9(5-2)8-11(13)10(12)6-3;1-6-4-2-3-5-6;1-4(2)3;1-3-2;3*1-2/h6,8-9,13H,4-5,7H2,1-3H3;6H,2-5H2,1H3;4H,1-3H3;3H2,1-2H3;3*1-2H3/b10-6+,11-8+;;;;;;. The molecule has 0 heterocycles. The van der Waals surface area contributed by atoms with Gasteiger partial charge in [0.15, 0.2) is 5.83 Å². The van der Waals surface area contributed by atoms with Crippen molar-refractivity contribution in [2.24, 2.45) is 17.8 Å². The van der Waals surface area contributed by atoms with Crippen molar-refractivity contribution in [2.75, 3.05) is 0 Å². The second kappa shape index (κ2) is 44.0. The van der Waals surface area contributed by atoms with Crippen LogP contribution in [0.2, 0.25) is 0 Å². The van der Waals surface area contributed by atoms with E-state index in [1.54, 1.807) is 13.0 Å². The lowest BCUT2D eigenvalue weighted by Gasteiger charge is -2.08. The van der Waals surface area contributed by atoms with Crippen LogP contribution in [0.4, 0.5) is 4.39 Å². The number of aliphatic hydroxyl groups excluding tert-OH is 1. The summed E-state index contributed by atoms with van der Waals surface area (Å²) in [4.78, 5) is 0. The maximum atomic E-state index is 12.8. The van der Waals surface area contributed by atoms with Gasteiger partial charge >= 0.3 is 0 Å². The van der Waals surface area contributed by atoms with E-state index in [1.807, 2.05) is 48.5 Å². The molecule has 32 heavy (non-hydrogen) atoms. The molecule has 0 aromatic carbocycles. The Morgan fingerprint density at radius 3 is 1.44 bits per heavy atom. The zero-order chi connectivity index (χ0) is 27.0. The Bertz CT molecular complexity index is 323. The van der Waals surface area contributed by atoms with Gasteiger partial charge in [0.1, 0.15) is 5.76 Å². The molecule has 0 radical (unpaired) electrons. The highest BCUT2D eigenvalue weighted by atomic mass is 19.1. The topological polar surface area (TPSA) is 20.2 Å². The summed E-state index contributed by atoms with van der Waals surface area (Å²) in [6.07, 6.45) is 13.1. The van der Waals surface area contributed by atoms with E-state index in [0.29, 0.717) is 0 Å². The monoisotopic (exact) mass is 463 g/mol. The van der Waals surface area contributed by atoms with E-state index in [1.165, 1.54) is 38.2 Å². The van der Waals surface area contributed by atoms with Crippen LogP contribution in [0.15, 0.2) is 23.7 Å². The number of aliphatic hydroxyl groups is 1. The fourth-order valence-electron chi connectivity index (χ4n) is 2.36. The lowest BCUT2D eigenvalue weighted by Crippen LogP contribution is -1.96. The van der Waals surface area contributed by atoms with Crippen molar-refractivity contribution in [3.05, 3.63) is 23.7 Å². The lowest BCUT2D eigenvalue weighted by atomic mass is 10.00. The Hall–Kier alpha value is -0.790. The quantitative estimate of drug-likeness (QED) is 0.318. The predicted octanol–water partition coefficient (Wildman–Crippen LogP) is 12.5. The second-order valence-corrected chi connectivity index (χ2v) is 7.97. The molecule has 0 aromatic heterocycles. The molecule has 1 fully saturated rings. The van der Waals surface area contributed by atoms with E-state index < -0.39 is 5.83 Å². The van der Waals surface area contributed by atoms with E-state index in [0.717, 1.165) is 31.1 Å². The van der Waals surface area contributed by atoms with Gasteiger partial charge in [0.25, 0.3) is 0 Å². The minimum absolute atomic E-state index is 0.220. The molecule has 1 rings (SSSR count). The van der Waals surface area contributed by atoms with Crippen molar-refractivity contribution in [1.29, 1.82) is 0 Å². The highest BCUT2D eigenvalue weighted by Gasteiger charge is 2.07. The first-order valence-corrected chi connectivity index (χ1v) is 13.9. The minimum atomic E-state index is -0.533. The highest BCUT2D eigenvalue weighted by Crippen LogP contribution is 2.23. The van der Waals surface area contributed by atoms with Crippen LogP contribution in [0.3, 0.4) is 0 Å². The van der Waals surface area contributed by atoms with E-state index in [-0.39, 0.29) is 11.7 Å². The Balaban J connectivity index is -0.0000000740. The van der Waals surface area contributed by atoms with E-state index >= 15 is 0 Å². The first kappa shape index (κ1) is 44.8. The minimum Gasteiger partial charge on any atom is -0.505 e. The van der Waals surface area contributed by atoms with Gasteiger partial charge < -0.3 is 5.11 Å². The van der Waals surface area contributed by atoms with Crippen molar-refractivity contribution in [3.63, 3.8) is 0 Å². The molecule has 1 aliphatic carbocycles. The van der Waals surface area contributed by atoms with Crippen LogP contribution < -0.4 is 0 Å². The average molecular weight is 463 g/mol. The van der Waals surface area contributed by atoms with Gasteiger partial charge in [-0.15, -0.1) is 0 Å². The van der Waals surface area contributed by atoms with Gasteiger partial charge in [-0.2, -0.15) is 0 Å². The van der Waals surface area contributed by atoms with Gasteiger partial charge in [-0.05, 0) is 49.7 Å². The van der Waals surface area contributed by atoms with Gasteiger partial charge in [-0.3, -0.25) is 0 Å². The smallest absolute Gasteiger partial charge is 0.160 e. The Morgan fingerprint density at radius 2 is 1.25 bits per heavy atom. The maximum absolute atomic E-state index is 12.8. The number of allylic oxidation sites excluding steroid dienone is 3. The molecule has 1 unspecified atom stereocenters. The number of halogens is 1. The Labute approximate surface area is 206 Å². The normalized spacial score (nSPS) is 13.5. The molecule has 200 valence electrons. The average Bonchev–Trinajstić information content (AvgIpc) is 3.28. The summed E-state index contributed by atoms with van der Waals surface area (Å²) in [5.41, 5.74) is 0. The zero-order valence-corrected chi connectivity index (χ0v) is 25.4. The summed E-state index contributed by atoms with van der Waals surface area (Å²) in [5, 5.41) is 9.26. The van der Waals surface area contributed by atoms with Crippen LogP contribution in [0.25, 0.3) is 0 Å². The van der Waals surface area contributed by atoms with Crippen LogP contribution in [0.5, 0.6) is 0 Å². The first-order chi connectivity index (χ1) is 15.2. The second-order valence-electron chi connectivity index (χ2n) is 7.97. The van der Waals surface area contributed by atoms with E-state index in [4.69, 9.17) is 0 Å². The number of hydrogen-bond acceptors (Lipinski definition) is 1. The zero-order valence-electron chi connectivity index (χ0n) is 25.4. The molecular formula is C30H67FO. The van der Waals surface area contributed by atoms with Gasteiger partial charge in [-0.25, -0.2) is 4.39 Å². The highest BCUT2D eigenvalue weighted by molar-refractivity contribution is 5.17. The van der Waals surface area contributed by atoms with Gasteiger partial charge in [-0.1, -0.05) is 135 Å². The third-order valence-corrected chi connectivity index (χ3v) is 3.72. The number of rotatable bonds is 5. The Kier molecular flexibility index (Phi) is 61.6. The third kappa shape index (κ3) is 51.7. The molecule has 0 amide bonds. The van der Waals surface area contributed by atoms with Gasteiger partial charge in [0.2, 0.25) is 0 Å². The van der Waals surface area contributed by atoms with Crippen molar-refractivity contribution >= 4 is 0 Å². The molecule has 0 bridgehead atoms.